The average molecular weight is 286 g/mol. The van der Waals surface area contributed by atoms with E-state index in [1.165, 1.54) is 0 Å². The quantitative estimate of drug-likeness (QED) is 0.633. The standard InChI is InChI=1S/C16H22N4O/c1-3-4-9-18-16(21)12(2)20-11-14(10-19-20)13-5-7-15(17)8-6-13/h5-8,10-12H,3-4,9,17H2,1-2H3,(H,18,21). The summed E-state index contributed by atoms with van der Waals surface area (Å²) in [5.41, 5.74) is 8.42. The lowest BCUT2D eigenvalue weighted by molar-refractivity contribution is -0.124. The monoisotopic (exact) mass is 286 g/mol. The topological polar surface area (TPSA) is 72.9 Å². The predicted molar refractivity (Wildman–Crippen MR) is 84.7 cm³/mol. The Kier molecular flexibility index (Phi) is 4.98. The number of benzene rings is 1. The van der Waals surface area contributed by atoms with Crippen molar-refractivity contribution in [2.75, 3.05) is 12.3 Å². The maximum absolute atomic E-state index is 12.0. The maximum Gasteiger partial charge on any atom is 0.244 e. The van der Waals surface area contributed by atoms with Gasteiger partial charge in [0.05, 0.1) is 6.20 Å². The molecule has 1 unspecified atom stereocenters. The first kappa shape index (κ1) is 15.1. The molecule has 2 aromatic rings. The molecule has 0 fully saturated rings. The zero-order valence-corrected chi connectivity index (χ0v) is 12.5. The summed E-state index contributed by atoms with van der Waals surface area (Å²) in [5, 5.41) is 7.21. The second kappa shape index (κ2) is 6.92. The molecule has 0 saturated heterocycles. The van der Waals surface area contributed by atoms with Gasteiger partial charge in [0.2, 0.25) is 5.91 Å². The van der Waals surface area contributed by atoms with Crippen LogP contribution in [0.5, 0.6) is 0 Å². The summed E-state index contributed by atoms with van der Waals surface area (Å²) in [5.74, 6) is -0.00425. The number of hydrogen-bond acceptors (Lipinski definition) is 3. The van der Waals surface area contributed by atoms with Crippen LogP contribution in [0.15, 0.2) is 36.7 Å². The summed E-state index contributed by atoms with van der Waals surface area (Å²) in [7, 11) is 0. The van der Waals surface area contributed by atoms with E-state index in [2.05, 4.69) is 17.3 Å². The van der Waals surface area contributed by atoms with Crippen molar-refractivity contribution in [3.8, 4) is 11.1 Å². The van der Waals surface area contributed by atoms with Crippen molar-refractivity contribution in [1.29, 1.82) is 0 Å². The number of carbonyl (C=O) groups is 1. The minimum absolute atomic E-state index is 0.00425. The Morgan fingerprint density at radius 3 is 2.71 bits per heavy atom. The Morgan fingerprint density at radius 2 is 2.05 bits per heavy atom. The molecule has 1 atom stereocenters. The second-order valence-corrected chi connectivity index (χ2v) is 5.15. The lowest BCUT2D eigenvalue weighted by Gasteiger charge is -2.12. The molecule has 0 aliphatic carbocycles. The van der Waals surface area contributed by atoms with Crippen LogP contribution in [0.4, 0.5) is 5.69 Å². The van der Waals surface area contributed by atoms with Crippen LogP contribution in [0.2, 0.25) is 0 Å². The molecule has 1 aromatic carbocycles. The van der Waals surface area contributed by atoms with Gasteiger partial charge in [-0.3, -0.25) is 9.48 Å². The van der Waals surface area contributed by atoms with Crippen LogP contribution in [0.3, 0.4) is 0 Å². The first-order valence-electron chi connectivity index (χ1n) is 7.29. The number of hydrogen-bond donors (Lipinski definition) is 2. The molecule has 0 aliphatic heterocycles. The van der Waals surface area contributed by atoms with Crippen molar-refractivity contribution in [3.05, 3.63) is 36.7 Å². The van der Waals surface area contributed by atoms with Gasteiger partial charge in [-0.2, -0.15) is 5.10 Å². The van der Waals surface area contributed by atoms with E-state index in [1.54, 1.807) is 10.9 Å². The van der Waals surface area contributed by atoms with E-state index in [1.807, 2.05) is 37.4 Å². The Hall–Kier alpha value is -2.30. The highest BCUT2D eigenvalue weighted by Gasteiger charge is 2.15. The smallest absolute Gasteiger partial charge is 0.244 e. The fourth-order valence-corrected chi connectivity index (χ4v) is 2.03. The van der Waals surface area contributed by atoms with Gasteiger partial charge in [-0.05, 0) is 31.0 Å². The number of anilines is 1. The summed E-state index contributed by atoms with van der Waals surface area (Å²) in [4.78, 5) is 12.0. The number of carbonyl (C=O) groups excluding carboxylic acids is 1. The van der Waals surface area contributed by atoms with E-state index in [-0.39, 0.29) is 11.9 Å². The molecule has 112 valence electrons. The van der Waals surface area contributed by atoms with E-state index in [0.717, 1.165) is 29.7 Å². The van der Waals surface area contributed by atoms with Crippen LogP contribution < -0.4 is 11.1 Å². The summed E-state index contributed by atoms with van der Waals surface area (Å²) in [6.07, 6.45) is 5.71. The fourth-order valence-electron chi connectivity index (χ4n) is 2.03. The lowest BCUT2D eigenvalue weighted by atomic mass is 10.1. The Bertz CT molecular complexity index is 589. The molecule has 1 amide bonds. The number of nitrogens with two attached hydrogens (primary N) is 1. The number of unbranched alkanes of at least 4 members (excludes halogenated alkanes) is 1. The third-order valence-electron chi connectivity index (χ3n) is 3.45. The highest BCUT2D eigenvalue weighted by molar-refractivity contribution is 5.80. The molecule has 1 aromatic heterocycles. The SMILES string of the molecule is CCCCNC(=O)C(C)n1cc(-c2ccc(N)cc2)cn1. The number of nitrogens with one attached hydrogen (secondary N) is 1. The highest BCUT2D eigenvalue weighted by atomic mass is 16.2. The molecule has 0 bridgehead atoms. The van der Waals surface area contributed by atoms with Crippen LogP contribution in [0.1, 0.15) is 32.7 Å². The number of aromatic nitrogens is 2. The Labute approximate surface area is 125 Å². The molecule has 5 heteroatoms. The lowest BCUT2D eigenvalue weighted by Crippen LogP contribution is -2.31. The fraction of sp³-hybridized carbons (Fsp3) is 0.375. The summed E-state index contributed by atoms with van der Waals surface area (Å²) in [6.45, 7) is 4.66. The molecule has 1 heterocycles. The van der Waals surface area contributed by atoms with Gasteiger partial charge in [-0.1, -0.05) is 25.5 Å². The molecule has 2 rings (SSSR count). The van der Waals surface area contributed by atoms with Crippen LogP contribution in [0.25, 0.3) is 11.1 Å². The van der Waals surface area contributed by atoms with Crippen molar-refractivity contribution >= 4 is 11.6 Å². The van der Waals surface area contributed by atoms with E-state index in [0.29, 0.717) is 6.54 Å². The third kappa shape index (κ3) is 3.84. The Balaban J connectivity index is 2.05. The molecular weight excluding hydrogens is 264 g/mol. The zero-order chi connectivity index (χ0) is 15.2. The van der Waals surface area contributed by atoms with Gasteiger partial charge in [0.25, 0.3) is 0 Å². The van der Waals surface area contributed by atoms with Crippen LogP contribution >= 0.6 is 0 Å². The molecule has 0 radical (unpaired) electrons. The van der Waals surface area contributed by atoms with Crippen molar-refractivity contribution in [2.24, 2.45) is 0 Å². The molecule has 0 spiro atoms. The molecular formula is C16H22N4O. The van der Waals surface area contributed by atoms with Crippen LogP contribution in [0, 0.1) is 0 Å². The van der Waals surface area contributed by atoms with Crippen molar-refractivity contribution in [1.82, 2.24) is 15.1 Å². The molecule has 0 aliphatic rings. The van der Waals surface area contributed by atoms with Gasteiger partial charge in [-0.15, -0.1) is 0 Å². The normalized spacial score (nSPS) is 12.1. The average Bonchev–Trinajstić information content (AvgIpc) is 2.97. The summed E-state index contributed by atoms with van der Waals surface area (Å²) >= 11 is 0. The maximum atomic E-state index is 12.0. The predicted octanol–water partition coefficient (Wildman–Crippen LogP) is 2.61. The number of amides is 1. The van der Waals surface area contributed by atoms with Gasteiger partial charge in [-0.25, -0.2) is 0 Å². The van der Waals surface area contributed by atoms with Crippen LogP contribution in [-0.2, 0) is 4.79 Å². The molecule has 3 N–H and O–H groups in total. The largest absolute Gasteiger partial charge is 0.399 e. The Morgan fingerprint density at radius 1 is 1.33 bits per heavy atom. The number of rotatable bonds is 6. The van der Waals surface area contributed by atoms with Gasteiger partial charge in [0, 0.05) is 24.0 Å². The van der Waals surface area contributed by atoms with Crippen molar-refractivity contribution in [3.63, 3.8) is 0 Å². The zero-order valence-electron chi connectivity index (χ0n) is 12.5. The van der Waals surface area contributed by atoms with E-state index < -0.39 is 0 Å². The van der Waals surface area contributed by atoms with Crippen molar-refractivity contribution in [2.45, 2.75) is 32.7 Å². The van der Waals surface area contributed by atoms with Gasteiger partial charge in [0.15, 0.2) is 0 Å². The number of nitrogens with zero attached hydrogens (tertiary/aromatic N) is 2. The first-order valence-corrected chi connectivity index (χ1v) is 7.29. The minimum atomic E-state index is -0.315. The van der Waals surface area contributed by atoms with Gasteiger partial charge in [0.1, 0.15) is 6.04 Å². The van der Waals surface area contributed by atoms with Crippen LogP contribution in [-0.4, -0.2) is 22.2 Å². The molecule has 5 nitrogen and oxygen atoms in total. The minimum Gasteiger partial charge on any atom is -0.399 e. The van der Waals surface area contributed by atoms with E-state index in [4.69, 9.17) is 5.73 Å². The number of nitrogen functional groups attached to an aromatic ring is 1. The first-order chi connectivity index (χ1) is 10.1. The summed E-state index contributed by atoms with van der Waals surface area (Å²) < 4.78 is 1.69. The second-order valence-electron chi connectivity index (χ2n) is 5.15. The van der Waals surface area contributed by atoms with E-state index >= 15 is 0 Å². The highest BCUT2D eigenvalue weighted by Crippen LogP contribution is 2.21. The molecule has 21 heavy (non-hydrogen) atoms. The summed E-state index contributed by atoms with van der Waals surface area (Å²) in [6, 6.07) is 7.29. The van der Waals surface area contributed by atoms with Gasteiger partial charge < -0.3 is 11.1 Å². The van der Waals surface area contributed by atoms with Crippen molar-refractivity contribution < 1.29 is 4.79 Å². The third-order valence-corrected chi connectivity index (χ3v) is 3.45. The van der Waals surface area contributed by atoms with E-state index in [9.17, 15) is 4.79 Å². The van der Waals surface area contributed by atoms with Gasteiger partial charge >= 0.3 is 0 Å². The molecule has 0 saturated carbocycles.